The zero-order chi connectivity index (χ0) is 15.2. The first-order valence-electron chi connectivity index (χ1n) is 5.13. The summed E-state index contributed by atoms with van der Waals surface area (Å²) in [5.74, 6) is 0. The molecule has 0 atom stereocenters. The fraction of sp³-hybridized carbons (Fsp3) is 0.667. The van der Waals surface area contributed by atoms with Crippen molar-refractivity contribution < 1.29 is 9.05 Å². The third-order valence-corrected chi connectivity index (χ3v) is 6.76. The van der Waals surface area contributed by atoms with E-state index in [1.165, 1.54) is 0 Å². The first-order valence-corrected chi connectivity index (χ1v) is 9.48. The molecule has 10 heteroatoms. The molecule has 0 unspecified atom stereocenters. The van der Waals surface area contributed by atoms with Gasteiger partial charge in [0.25, 0.3) is 0 Å². The Morgan fingerprint density at radius 3 is 1.00 bits per heavy atom. The molecule has 0 saturated carbocycles. The van der Waals surface area contributed by atoms with E-state index in [0.717, 1.165) is 0 Å². The minimum atomic E-state index is -3.10. The maximum atomic E-state index is 5.52. The minimum absolute atomic E-state index is 0.283. The molecule has 0 N–H and O–H groups in total. The van der Waals surface area contributed by atoms with E-state index >= 15 is 0 Å². The van der Waals surface area contributed by atoms with Crippen LogP contribution in [0.5, 0.6) is 0 Å². The van der Waals surface area contributed by atoms with Gasteiger partial charge in [0.1, 0.15) is 0 Å². The van der Waals surface area contributed by atoms with E-state index in [1.807, 2.05) is 0 Å². The summed E-state index contributed by atoms with van der Waals surface area (Å²) in [7, 11) is 10.6. The fourth-order valence-corrected chi connectivity index (χ4v) is 4.53. The molecule has 0 fully saturated rings. The van der Waals surface area contributed by atoms with Gasteiger partial charge in [0.2, 0.25) is 0 Å². The summed E-state index contributed by atoms with van der Waals surface area (Å²) in [6.45, 7) is 0. The van der Waals surface area contributed by atoms with Crippen molar-refractivity contribution in [2.75, 3.05) is 42.3 Å². The number of nitrogens with zero attached hydrogens (tertiary/aromatic N) is 3. The summed E-state index contributed by atoms with van der Waals surface area (Å²) in [5.41, 5.74) is 0. The van der Waals surface area contributed by atoms with Crippen LogP contribution in [0.2, 0.25) is 0 Å². The SMILES string of the molecule is CN(C)C(=S)[O][Sb]([O]C(=S)N(C)C)[O]C(=S)N(C)C. The molecule has 0 rings (SSSR count). The van der Waals surface area contributed by atoms with Crippen LogP contribution in [0.4, 0.5) is 0 Å². The predicted molar refractivity (Wildman–Crippen MR) is 87.9 cm³/mol. The Morgan fingerprint density at radius 1 is 0.632 bits per heavy atom. The molecule has 0 aliphatic rings. The van der Waals surface area contributed by atoms with Crippen molar-refractivity contribution in [3.05, 3.63) is 0 Å². The predicted octanol–water partition coefficient (Wildman–Crippen LogP) is 0.561. The van der Waals surface area contributed by atoms with E-state index in [2.05, 4.69) is 0 Å². The summed E-state index contributed by atoms with van der Waals surface area (Å²) < 4.78 is 16.6. The average Bonchev–Trinajstić information content (AvgIpc) is 2.27. The molecule has 0 aliphatic carbocycles. The molecule has 0 heterocycles. The standard InChI is InChI=1S/3C3H7NOS.Sb/c3*1-4(2)3(5)6;/h3*1-2H3,(H,5,6);/q;;;+3/p-3. The topological polar surface area (TPSA) is 37.4 Å². The molecular formula is C9H18N3O3S3Sb. The van der Waals surface area contributed by atoms with Crippen LogP contribution in [0.15, 0.2) is 0 Å². The Bertz CT molecular complexity index is 301. The van der Waals surface area contributed by atoms with Crippen LogP contribution in [0, 0.1) is 0 Å². The quantitative estimate of drug-likeness (QED) is 0.468. The van der Waals surface area contributed by atoms with Crippen LogP contribution in [-0.2, 0) is 9.05 Å². The third-order valence-electron chi connectivity index (χ3n) is 1.55. The molecular weight excluding hydrogens is 416 g/mol. The van der Waals surface area contributed by atoms with Gasteiger partial charge < -0.3 is 0 Å². The van der Waals surface area contributed by atoms with Gasteiger partial charge in [-0.3, -0.25) is 0 Å². The van der Waals surface area contributed by atoms with E-state index in [9.17, 15) is 0 Å². The molecule has 0 bridgehead atoms. The zero-order valence-electron chi connectivity index (χ0n) is 11.7. The molecule has 0 spiro atoms. The Balaban J connectivity index is 4.68. The molecule has 0 aromatic heterocycles. The van der Waals surface area contributed by atoms with E-state index in [0.29, 0.717) is 0 Å². The fourth-order valence-electron chi connectivity index (χ4n) is 0.492. The summed E-state index contributed by atoms with van der Waals surface area (Å²) >= 11 is 12.1. The van der Waals surface area contributed by atoms with Gasteiger partial charge in [0, 0.05) is 0 Å². The molecule has 0 aliphatic heterocycles. The maximum absolute atomic E-state index is 5.52. The van der Waals surface area contributed by atoms with Crippen molar-refractivity contribution in [1.29, 1.82) is 0 Å². The van der Waals surface area contributed by atoms with Crippen molar-refractivity contribution in [2.24, 2.45) is 0 Å². The van der Waals surface area contributed by atoms with E-state index in [-0.39, 0.29) is 15.5 Å². The van der Waals surface area contributed by atoms with Crippen molar-refractivity contribution in [2.45, 2.75) is 0 Å². The van der Waals surface area contributed by atoms with E-state index in [4.69, 9.17) is 45.7 Å². The monoisotopic (exact) mass is 433 g/mol. The van der Waals surface area contributed by atoms with Gasteiger partial charge in [-0.25, -0.2) is 0 Å². The van der Waals surface area contributed by atoms with Crippen molar-refractivity contribution in [3.63, 3.8) is 0 Å². The second-order valence-corrected chi connectivity index (χ2v) is 7.87. The van der Waals surface area contributed by atoms with Gasteiger partial charge in [0.15, 0.2) is 0 Å². The zero-order valence-corrected chi connectivity index (χ0v) is 16.7. The Kier molecular flexibility index (Phi) is 8.89. The van der Waals surface area contributed by atoms with Gasteiger partial charge in [-0.1, -0.05) is 0 Å². The molecule has 110 valence electrons. The van der Waals surface area contributed by atoms with Crippen LogP contribution < -0.4 is 0 Å². The van der Waals surface area contributed by atoms with Gasteiger partial charge >= 0.3 is 140 Å². The van der Waals surface area contributed by atoms with Crippen molar-refractivity contribution in [1.82, 2.24) is 14.7 Å². The average molecular weight is 434 g/mol. The molecule has 0 aromatic rings. The van der Waals surface area contributed by atoms with Gasteiger partial charge in [-0.05, 0) is 0 Å². The molecule has 6 nitrogen and oxygen atoms in total. The number of rotatable bonds is 3. The molecule has 0 radical (unpaired) electrons. The number of hydrogen-bond donors (Lipinski definition) is 0. The number of hydrogen-bond acceptors (Lipinski definition) is 6. The summed E-state index contributed by atoms with van der Waals surface area (Å²) in [6.07, 6.45) is 0. The summed E-state index contributed by atoms with van der Waals surface area (Å²) in [4.78, 5) is 4.95. The van der Waals surface area contributed by atoms with E-state index in [1.54, 1.807) is 57.0 Å². The van der Waals surface area contributed by atoms with Crippen LogP contribution in [0.1, 0.15) is 0 Å². The summed E-state index contributed by atoms with van der Waals surface area (Å²) in [5, 5.41) is 0.850. The Labute approximate surface area is 139 Å². The number of thiocarbonyl (C=S) groups is 3. The van der Waals surface area contributed by atoms with Crippen LogP contribution >= 0.6 is 36.7 Å². The van der Waals surface area contributed by atoms with Crippen molar-refractivity contribution in [3.8, 4) is 0 Å². The van der Waals surface area contributed by atoms with Crippen LogP contribution in [-0.4, -0.2) is 94.0 Å². The van der Waals surface area contributed by atoms with Crippen LogP contribution in [0.3, 0.4) is 0 Å². The Hall–Kier alpha value is -0.112. The second kappa shape index (κ2) is 8.94. The molecule has 19 heavy (non-hydrogen) atoms. The summed E-state index contributed by atoms with van der Waals surface area (Å²) in [6, 6.07) is 0. The molecule has 0 amide bonds. The van der Waals surface area contributed by atoms with Crippen LogP contribution in [0.25, 0.3) is 0 Å². The van der Waals surface area contributed by atoms with E-state index < -0.39 is 21.5 Å². The molecule has 0 aromatic carbocycles. The van der Waals surface area contributed by atoms with Crippen molar-refractivity contribution >= 4 is 73.6 Å². The Morgan fingerprint density at radius 2 is 0.842 bits per heavy atom. The van der Waals surface area contributed by atoms with Gasteiger partial charge in [-0.2, -0.15) is 0 Å². The van der Waals surface area contributed by atoms with Gasteiger partial charge in [-0.15, -0.1) is 0 Å². The second-order valence-electron chi connectivity index (χ2n) is 3.98. The van der Waals surface area contributed by atoms with Gasteiger partial charge in [0.05, 0.1) is 0 Å². The normalized spacial score (nSPS) is 9.63. The first-order chi connectivity index (χ1) is 8.65. The first kappa shape index (κ1) is 18.9. The third kappa shape index (κ3) is 7.91. The molecule has 0 saturated heterocycles.